The van der Waals surface area contributed by atoms with Crippen molar-refractivity contribution in [2.45, 2.75) is 18.7 Å². The van der Waals surface area contributed by atoms with E-state index in [1.54, 1.807) is 37.3 Å². The van der Waals surface area contributed by atoms with Gasteiger partial charge in [0.25, 0.3) is 10.0 Å². The summed E-state index contributed by atoms with van der Waals surface area (Å²) >= 11 is 4.63. The van der Waals surface area contributed by atoms with Crippen molar-refractivity contribution >= 4 is 39.3 Å². The average molecular weight is 363 g/mol. The molecule has 0 radical (unpaired) electrons. The van der Waals surface area contributed by atoms with Gasteiger partial charge in [0.15, 0.2) is 5.11 Å². The number of anilines is 1. The zero-order chi connectivity index (χ0) is 17.7. The first kappa shape index (κ1) is 17.8. The normalized spacial score (nSPS) is 11.4. The van der Waals surface area contributed by atoms with Gasteiger partial charge in [-0.2, -0.15) is 5.10 Å². The fraction of sp³-hybridized carbons (Fsp3) is 0.133. The Hall–Kier alpha value is -2.52. The first-order valence-corrected chi connectivity index (χ1v) is 8.82. The van der Waals surface area contributed by atoms with Crippen LogP contribution in [-0.4, -0.2) is 24.7 Å². The van der Waals surface area contributed by atoms with E-state index in [0.717, 1.165) is 5.56 Å². The monoisotopic (exact) mass is 363 g/mol. The molecule has 0 fully saturated rings. The summed E-state index contributed by atoms with van der Waals surface area (Å²) in [4.78, 5) is 4.32. The number of nitrogens with one attached hydrogen (secondary N) is 2. The van der Waals surface area contributed by atoms with Gasteiger partial charge in [-0.15, -0.1) is 0 Å². The summed E-state index contributed by atoms with van der Waals surface area (Å²) < 4.78 is 27.3. The molecule has 0 saturated carbocycles. The van der Waals surface area contributed by atoms with E-state index >= 15 is 0 Å². The molecule has 4 N–H and O–H groups in total. The topological polar surface area (TPSA) is 109 Å². The van der Waals surface area contributed by atoms with Crippen molar-refractivity contribution in [1.82, 2.24) is 10.4 Å². The molecule has 0 atom stereocenters. The van der Waals surface area contributed by atoms with E-state index in [-0.39, 0.29) is 10.0 Å². The van der Waals surface area contributed by atoms with E-state index in [4.69, 9.17) is 5.73 Å². The molecule has 0 unspecified atom stereocenters. The molecule has 2 aromatic rings. The molecular weight excluding hydrogens is 346 g/mol. The Morgan fingerprint density at radius 1 is 1.29 bits per heavy atom. The number of hydrogen-bond donors (Lipinski definition) is 3. The second kappa shape index (κ2) is 7.37. The van der Waals surface area contributed by atoms with E-state index in [9.17, 15) is 8.42 Å². The van der Waals surface area contributed by atoms with Gasteiger partial charge < -0.3 is 5.73 Å². The van der Waals surface area contributed by atoms with Gasteiger partial charge in [0.05, 0.1) is 28.7 Å². The lowest BCUT2D eigenvalue weighted by Gasteiger charge is -2.10. The Kier molecular flexibility index (Phi) is 5.47. The third kappa shape index (κ3) is 4.74. The highest BCUT2D eigenvalue weighted by Crippen LogP contribution is 2.19. The van der Waals surface area contributed by atoms with Crippen LogP contribution in [0, 0.1) is 13.8 Å². The quantitative estimate of drug-likeness (QED) is 0.423. The summed E-state index contributed by atoms with van der Waals surface area (Å²) in [7, 11) is -3.66. The summed E-state index contributed by atoms with van der Waals surface area (Å²) in [6, 6.07) is 8.30. The number of pyridine rings is 1. The molecule has 0 aliphatic heterocycles. The van der Waals surface area contributed by atoms with Crippen molar-refractivity contribution in [3.63, 3.8) is 0 Å². The lowest BCUT2D eigenvalue weighted by molar-refractivity contribution is 0.601. The van der Waals surface area contributed by atoms with Crippen LogP contribution < -0.4 is 15.9 Å². The molecule has 2 rings (SSSR count). The van der Waals surface area contributed by atoms with E-state index in [1.807, 2.05) is 6.92 Å². The summed E-state index contributed by atoms with van der Waals surface area (Å²) in [6.45, 7) is 3.66. The lowest BCUT2D eigenvalue weighted by Crippen LogP contribution is -2.24. The van der Waals surface area contributed by atoms with Gasteiger partial charge in [-0.05, 0) is 49.8 Å². The van der Waals surface area contributed by atoms with Gasteiger partial charge in [0, 0.05) is 0 Å². The largest absolute Gasteiger partial charge is 0.375 e. The van der Waals surface area contributed by atoms with Crippen LogP contribution in [0.3, 0.4) is 0 Å². The van der Waals surface area contributed by atoms with Crippen molar-refractivity contribution < 1.29 is 8.42 Å². The Bertz CT molecular complexity index is 877. The smallest absolute Gasteiger partial charge is 0.261 e. The number of aromatic nitrogens is 1. The van der Waals surface area contributed by atoms with Crippen LogP contribution in [0.2, 0.25) is 0 Å². The summed E-state index contributed by atoms with van der Waals surface area (Å²) in [5, 5.41) is 3.85. The molecule has 0 aliphatic rings. The highest BCUT2D eigenvalue weighted by molar-refractivity contribution is 7.92. The van der Waals surface area contributed by atoms with Crippen LogP contribution in [0.4, 0.5) is 5.69 Å². The first-order valence-electron chi connectivity index (χ1n) is 6.92. The first-order chi connectivity index (χ1) is 11.3. The molecule has 0 spiro atoms. The van der Waals surface area contributed by atoms with Crippen molar-refractivity contribution in [3.8, 4) is 0 Å². The SMILES string of the molecule is Cc1ccc(S(=O)(=O)Nc2cnc(C=NNC(N)=S)cc2C)cc1. The second-order valence-corrected chi connectivity index (χ2v) is 7.20. The summed E-state index contributed by atoms with van der Waals surface area (Å²) in [6.07, 6.45) is 2.87. The fourth-order valence-electron chi connectivity index (χ4n) is 1.84. The molecule has 7 nitrogen and oxygen atoms in total. The Morgan fingerprint density at radius 3 is 2.54 bits per heavy atom. The maximum absolute atomic E-state index is 12.4. The van der Waals surface area contributed by atoms with Crippen LogP contribution in [0.15, 0.2) is 46.5 Å². The number of hydrazone groups is 1. The van der Waals surface area contributed by atoms with Gasteiger partial charge in [0.2, 0.25) is 0 Å². The minimum atomic E-state index is -3.66. The molecular formula is C15H17N5O2S2. The minimum absolute atomic E-state index is 0.0467. The predicted molar refractivity (Wildman–Crippen MR) is 98.5 cm³/mol. The molecule has 0 amide bonds. The van der Waals surface area contributed by atoms with Crippen LogP contribution in [0.25, 0.3) is 0 Å². The molecule has 0 saturated heterocycles. The van der Waals surface area contributed by atoms with Gasteiger partial charge in [-0.25, -0.2) is 8.42 Å². The standard InChI is InChI=1S/C15H17N5O2S2/c1-10-3-5-13(6-4-10)24(21,22)20-14-9-17-12(7-11(14)2)8-18-19-15(16)23/h3-9,20H,1-2H3,(H3,16,19,23). The maximum Gasteiger partial charge on any atom is 0.261 e. The van der Waals surface area contributed by atoms with Gasteiger partial charge in [-0.3, -0.25) is 15.1 Å². The van der Waals surface area contributed by atoms with Crippen molar-refractivity contribution in [2.75, 3.05) is 4.72 Å². The molecule has 24 heavy (non-hydrogen) atoms. The number of sulfonamides is 1. The summed E-state index contributed by atoms with van der Waals surface area (Å²) in [5.41, 5.74) is 10.3. The molecule has 1 aromatic heterocycles. The Morgan fingerprint density at radius 2 is 1.96 bits per heavy atom. The molecule has 1 heterocycles. The van der Waals surface area contributed by atoms with E-state index in [2.05, 4.69) is 32.5 Å². The molecule has 0 bridgehead atoms. The third-order valence-corrected chi connectivity index (χ3v) is 4.55. The maximum atomic E-state index is 12.4. The molecule has 0 aliphatic carbocycles. The number of hydrogen-bond acceptors (Lipinski definition) is 5. The zero-order valence-corrected chi connectivity index (χ0v) is 14.8. The molecule has 126 valence electrons. The predicted octanol–water partition coefficient (Wildman–Crippen LogP) is 1.67. The number of rotatable bonds is 5. The fourth-order valence-corrected chi connectivity index (χ4v) is 3.01. The summed E-state index contributed by atoms with van der Waals surface area (Å²) in [5.74, 6) is 0. The number of benzene rings is 1. The number of thiocarbonyl (C=S) groups is 1. The minimum Gasteiger partial charge on any atom is -0.375 e. The Balaban J connectivity index is 2.19. The number of nitrogens with zero attached hydrogens (tertiary/aromatic N) is 2. The van der Waals surface area contributed by atoms with Crippen molar-refractivity contribution in [3.05, 3.63) is 53.3 Å². The molecule has 1 aromatic carbocycles. The number of nitrogens with two attached hydrogens (primary N) is 1. The highest BCUT2D eigenvalue weighted by Gasteiger charge is 2.15. The van der Waals surface area contributed by atoms with Crippen LogP contribution in [0.1, 0.15) is 16.8 Å². The van der Waals surface area contributed by atoms with Gasteiger partial charge >= 0.3 is 0 Å². The third-order valence-electron chi connectivity index (χ3n) is 3.08. The van der Waals surface area contributed by atoms with Crippen LogP contribution >= 0.6 is 12.2 Å². The van der Waals surface area contributed by atoms with Crippen LogP contribution in [-0.2, 0) is 10.0 Å². The zero-order valence-electron chi connectivity index (χ0n) is 13.1. The highest BCUT2D eigenvalue weighted by atomic mass is 32.2. The van der Waals surface area contributed by atoms with Gasteiger partial charge in [0.1, 0.15) is 0 Å². The second-order valence-electron chi connectivity index (χ2n) is 5.08. The van der Waals surface area contributed by atoms with Crippen molar-refractivity contribution in [1.29, 1.82) is 0 Å². The number of aryl methyl sites for hydroxylation is 2. The lowest BCUT2D eigenvalue weighted by atomic mass is 10.2. The molecule has 9 heteroatoms. The van der Waals surface area contributed by atoms with E-state index in [0.29, 0.717) is 16.9 Å². The van der Waals surface area contributed by atoms with Crippen LogP contribution in [0.5, 0.6) is 0 Å². The van der Waals surface area contributed by atoms with E-state index < -0.39 is 10.0 Å². The van der Waals surface area contributed by atoms with E-state index in [1.165, 1.54) is 12.4 Å². The van der Waals surface area contributed by atoms with Gasteiger partial charge in [-0.1, -0.05) is 17.7 Å². The van der Waals surface area contributed by atoms with Crippen molar-refractivity contribution in [2.24, 2.45) is 10.8 Å². The Labute approximate surface area is 146 Å². The average Bonchev–Trinajstić information content (AvgIpc) is 2.50.